The fourth-order valence-electron chi connectivity index (χ4n) is 4.69. The quantitative estimate of drug-likeness (QED) is 0.302. The van der Waals surface area contributed by atoms with Crippen LogP contribution in [0.2, 0.25) is 0 Å². The smallest absolute Gasteiger partial charge is 0.00758 e. The summed E-state index contributed by atoms with van der Waals surface area (Å²) in [6.45, 7) is 17.5. The van der Waals surface area contributed by atoms with Gasteiger partial charge in [-0.05, 0) is 92.9 Å². The molecule has 0 bridgehead atoms. The third-order valence-corrected chi connectivity index (χ3v) is 6.67. The normalized spacial score (nSPS) is 12.0. The van der Waals surface area contributed by atoms with Crippen molar-refractivity contribution in [1.82, 2.24) is 0 Å². The highest BCUT2D eigenvalue weighted by Crippen LogP contribution is 2.39. The highest BCUT2D eigenvalue weighted by atomic mass is 14.2. The van der Waals surface area contributed by atoms with Crippen molar-refractivity contribution in [3.05, 3.63) is 100 Å². The number of hydrogen-bond donors (Lipinski definition) is 0. The summed E-state index contributed by atoms with van der Waals surface area (Å²) in [4.78, 5) is 0. The third-order valence-electron chi connectivity index (χ3n) is 6.67. The average Bonchev–Trinajstić information content (AvgIpc) is 3.20. The van der Waals surface area contributed by atoms with E-state index in [2.05, 4.69) is 115 Å². The molecule has 0 aromatic rings. The molecule has 0 amide bonds. The van der Waals surface area contributed by atoms with Crippen LogP contribution in [0.15, 0.2) is 61.2 Å². The first-order valence-corrected chi connectivity index (χ1v) is 11.7. The van der Waals surface area contributed by atoms with Gasteiger partial charge in [0.2, 0.25) is 0 Å². The van der Waals surface area contributed by atoms with Gasteiger partial charge in [-0.1, -0.05) is 101 Å². The molecular weight excluding hydrogens is 384 g/mol. The molecule has 0 saturated heterocycles. The molecule has 0 spiro atoms. The fraction of sp³-hybridized carbons (Fsp3) is 0.250. The van der Waals surface area contributed by atoms with Gasteiger partial charge in [-0.2, -0.15) is 0 Å². The van der Waals surface area contributed by atoms with Crippen LogP contribution >= 0.6 is 0 Å². The van der Waals surface area contributed by atoms with Crippen molar-refractivity contribution in [1.29, 1.82) is 0 Å². The summed E-state index contributed by atoms with van der Waals surface area (Å²) < 4.78 is 0. The van der Waals surface area contributed by atoms with E-state index < -0.39 is 0 Å². The van der Waals surface area contributed by atoms with Crippen LogP contribution in [-0.4, -0.2) is 0 Å². The number of fused-ring (bicyclic) bond motifs is 2. The van der Waals surface area contributed by atoms with E-state index in [0.29, 0.717) is 11.8 Å². The minimum Gasteiger partial charge on any atom is -0.0984 e. The van der Waals surface area contributed by atoms with Crippen LogP contribution in [0.25, 0.3) is 40.5 Å². The summed E-state index contributed by atoms with van der Waals surface area (Å²) in [5, 5.41) is 0. The zero-order valence-corrected chi connectivity index (χ0v) is 20.3. The second-order valence-electron chi connectivity index (χ2n) is 9.63. The third kappa shape index (κ3) is 4.02. The largest absolute Gasteiger partial charge is 0.0984 e. The Morgan fingerprint density at radius 2 is 1.22 bits per heavy atom. The van der Waals surface area contributed by atoms with Crippen molar-refractivity contribution in [3.8, 4) is 22.3 Å². The van der Waals surface area contributed by atoms with E-state index in [-0.39, 0.29) is 0 Å². The molecule has 0 saturated carbocycles. The summed E-state index contributed by atoms with van der Waals surface area (Å²) in [6.07, 6.45) is 6.54. The maximum Gasteiger partial charge on any atom is -0.00758 e. The number of rotatable bonds is 5. The minimum absolute atomic E-state index is 0.492. The fourth-order valence-corrected chi connectivity index (χ4v) is 4.69. The average molecular weight is 419 g/mol. The van der Waals surface area contributed by atoms with Gasteiger partial charge in [0.25, 0.3) is 0 Å². The Morgan fingerprint density at radius 1 is 0.625 bits per heavy atom. The highest BCUT2D eigenvalue weighted by molar-refractivity contribution is 5.93. The Bertz CT molecular complexity index is 1250. The first kappa shape index (κ1) is 22.1. The maximum atomic E-state index is 4.09. The Morgan fingerprint density at radius 3 is 1.84 bits per heavy atom. The first-order valence-electron chi connectivity index (χ1n) is 11.7. The van der Waals surface area contributed by atoms with Crippen molar-refractivity contribution in [2.75, 3.05) is 0 Å². The van der Waals surface area contributed by atoms with Gasteiger partial charge in [-0.15, -0.1) is 0 Å². The molecule has 0 unspecified atom stereocenters. The molecule has 4 aliphatic carbocycles. The van der Waals surface area contributed by atoms with E-state index >= 15 is 0 Å². The van der Waals surface area contributed by atoms with E-state index in [1.165, 1.54) is 61.2 Å². The van der Waals surface area contributed by atoms with Crippen molar-refractivity contribution in [2.45, 2.75) is 53.4 Å². The van der Waals surface area contributed by atoms with Crippen molar-refractivity contribution in [2.24, 2.45) is 0 Å². The zero-order chi connectivity index (χ0) is 23.0. The Balaban J connectivity index is 1.81. The molecule has 0 heterocycles. The van der Waals surface area contributed by atoms with Crippen molar-refractivity contribution < 1.29 is 0 Å². The highest BCUT2D eigenvalue weighted by Gasteiger charge is 2.16. The molecule has 0 aromatic heterocycles. The molecule has 0 fully saturated rings. The Labute approximate surface area is 194 Å². The standard InChI is InChI=1S/C32H34/c1-8-24-17-29(32-23(7)10-12-27(21(4)5)19-30(24)32)16-14-25-13-15-28-18-26(20(2)3)11-9-22(6)31(25)28/h8-21H,1H2,2-7H3. The summed E-state index contributed by atoms with van der Waals surface area (Å²) in [5.74, 6) is 1.01. The van der Waals surface area contributed by atoms with Gasteiger partial charge in [-0.25, -0.2) is 0 Å². The van der Waals surface area contributed by atoms with Gasteiger partial charge in [0, 0.05) is 0 Å². The first-order chi connectivity index (χ1) is 15.3. The van der Waals surface area contributed by atoms with Crippen LogP contribution in [0.5, 0.6) is 0 Å². The minimum atomic E-state index is 0.492. The van der Waals surface area contributed by atoms with Crippen LogP contribution in [0.1, 0.15) is 78.5 Å². The van der Waals surface area contributed by atoms with Crippen LogP contribution in [-0.2, 0) is 0 Å². The van der Waals surface area contributed by atoms with E-state index in [0.717, 1.165) is 0 Å². The number of aryl methyl sites for hydroxylation is 2. The van der Waals surface area contributed by atoms with Crippen molar-refractivity contribution >= 4 is 18.2 Å². The zero-order valence-electron chi connectivity index (χ0n) is 20.3. The lowest BCUT2D eigenvalue weighted by molar-refractivity contribution is 0.868. The SMILES string of the molecule is C=Cc1cc(C=Cc2ccc3cc(C(C)C)ccc(C)c2-3)c2c(C)ccc(C(C)C)cc1-2. The van der Waals surface area contributed by atoms with Crippen molar-refractivity contribution in [3.63, 3.8) is 0 Å². The Hall–Kier alpha value is -3.12. The molecule has 0 atom stereocenters. The predicted octanol–water partition coefficient (Wildman–Crippen LogP) is 9.57. The van der Waals surface area contributed by atoms with Gasteiger partial charge in [0.15, 0.2) is 0 Å². The molecule has 32 heavy (non-hydrogen) atoms. The summed E-state index contributed by atoms with van der Waals surface area (Å²) in [6, 6.07) is 20.5. The molecule has 0 aliphatic heterocycles. The Kier molecular flexibility index (Phi) is 6.07. The molecule has 162 valence electrons. The monoisotopic (exact) mass is 418 g/mol. The predicted molar refractivity (Wildman–Crippen MR) is 143 cm³/mol. The maximum absolute atomic E-state index is 4.09. The van der Waals surface area contributed by atoms with Crippen LogP contribution < -0.4 is 0 Å². The molecule has 0 heteroatoms. The van der Waals surface area contributed by atoms with Gasteiger partial charge < -0.3 is 0 Å². The molecule has 0 aromatic carbocycles. The molecule has 0 N–H and O–H groups in total. The second kappa shape index (κ2) is 8.79. The lowest BCUT2D eigenvalue weighted by atomic mass is 9.99. The lowest BCUT2D eigenvalue weighted by Gasteiger charge is -2.05. The topological polar surface area (TPSA) is 0 Å². The molecule has 0 radical (unpaired) electrons. The van der Waals surface area contributed by atoms with E-state index in [1.54, 1.807) is 0 Å². The van der Waals surface area contributed by atoms with Gasteiger partial charge in [-0.3, -0.25) is 0 Å². The van der Waals surface area contributed by atoms with Crippen LogP contribution in [0, 0.1) is 13.8 Å². The second-order valence-corrected chi connectivity index (χ2v) is 9.63. The molecule has 4 rings (SSSR count). The number of hydrogen-bond acceptors (Lipinski definition) is 0. The summed E-state index contributed by atoms with van der Waals surface area (Å²) in [7, 11) is 0. The van der Waals surface area contributed by atoms with Crippen LogP contribution in [0.3, 0.4) is 0 Å². The molecule has 0 nitrogen and oxygen atoms in total. The lowest BCUT2D eigenvalue weighted by Crippen LogP contribution is -1.84. The van der Waals surface area contributed by atoms with E-state index in [1.807, 2.05) is 6.08 Å². The van der Waals surface area contributed by atoms with Crippen LogP contribution in [0.4, 0.5) is 0 Å². The van der Waals surface area contributed by atoms with E-state index in [4.69, 9.17) is 0 Å². The molecular formula is C32H34. The van der Waals surface area contributed by atoms with E-state index in [9.17, 15) is 0 Å². The summed E-state index contributed by atoms with van der Waals surface area (Å²) >= 11 is 0. The van der Waals surface area contributed by atoms with Gasteiger partial charge >= 0.3 is 0 Å². The summed E-state index contributed by atoms with van der Waals surface area (Å²) in [5.41, 5.74) is 14.4. The van der Waals surface area contributed by atoms with Gasteiger partial charge in [0.1, 0.15) is 0 Å². The van der Waals surface area contributed by atoms with Gasteiger partial charge in [0.05, 0.1) is 0 Å². The molecule has 4 aliphatic rings.